The zero-order valence-corrected chi connectivity index (χ0v) is 12.7. The molecule has 2 aromatic rings. The molecule has 98 valence electrons. The molecule has 0 aliphatic carbocycles. The predicted octanol–water partition coefficient (Wildman–Crippen LogP) is 3.33. The summed E-state index contributed by atoms with van der Waals surface area (Å²) < 4.78 is 8.10. The van der Waals surface area contributed by atoms with Crippen molar-refractivity contribution in [2.45, 2.75) is 32.9 Å². The molecule has 0 bridgehead atoms. The van der Waals surface area contributed by atoms with Crippen LogP contribution >= 0.6 is 15.9 Å². The van der Waals surface area contributed by atoms with Gasteiger partial charge in [-0.1, -0.05) is 0 Å². The monoisotopic (exact) mass is 311 g/mol. The van der Waals surface area contributed by atoms with E-state index in [1.807, 2.05) is 30.1 Å². The van der Waals surface area contributed by atoms with Crippen LogP contribution in [-0.2, 0) is 13.6 Å². The highest BCUT2D eigenvalue weighted by molar-refractivity contribution is 9.10. The standard InChI is InChI=1S/C13H18BrN3O/c1-13(2,3)15-7-9-8-17(4)16-12(9)10-5-6-11(14)18-10/h5-6,8,15H,7H2,1-4H3. The van der Waals surface area contributed by atoms with Gasteiger partial charge in [-0.15, -0.1) is 0 Å². The van der Waals surface area contributed by atoms with Crippen LogP contribution in [0.25, 0.3) is 11.5 Å². The summed E-state index contributed by atoms with van der Waals surface area (Å²) in [7, 11) is 1.92. The zero-order valence-electron chi connectivity index (χ0n) is 11.1. The molecule has 0 atom stereocenters. The maximum Gasteiger partial charge on any atom is 0.169 e. The van der Waals surface area contributed by atoms with Gasteiger partial charge in [-0.2, -0.15) is 5.10 Å². The van der Waals surface area contributed by atoms with E-state index >= 15 is 0 Å². The Balaban J connectivity index is 2.26. The van der Waals surface area contributed by atoms with Crippen molar-refractivity contribution in [1.82, 2.24) is 15.1 Å². The summed E-state index contributed by atoms with van der Waals surface area (Å²) in [4.78, 5) is 0. The summed E-state index contributed by atoms with van der Waals surface area (Å²) in [6, 6.07) is 3.80. The molecule has 0 saturated carbocycles. The quantitative estimate of drug-likeness (QED) is 0.945. The van der Waals surface area contributed by atoms with Crippen molar-refractivity contribution in [2.24, 2.45) is 7.05 Å². The van der Waals surface area contributed by atoms with E-state index in [0.29, 0.717) is 0 Å². The van der Waals surface area contributed by atoms with Crippen molar-refractivity contribution in [2.75, 3.05) is 0 Å². The van der Waals surface area contributed by atoms with Gasteiger partial charge >= 0.3 is 0 Å². The fourth-order valence-corrected chi connectivity index (χ4v) is 1.98. The Labute approximate surface area is 115 Å². The Kier molecular flexibility index (Phi) is 3.64. The van der Waals surface area contributed by atoms with Gasteiger partial charge in [-0.3, -0.25) is 4.68 Å². The third kappa shape index (κ3) is 3.23. The molecule has 4 nitrogen and oxygen atoms in total. The van der Waals surface area contributed by atoms with Crippen molar-refractivity contribution in [3.05, 3.63) is 28.6 Å². The van der Waals surface area contributed by atoms with Crippen LogP contribution < -0.4 is 5.32 Å². The molecule has 2 aromatic heterocycles. The molecule has 5 heteroatoms. The van der Waals surface area contributed by atoms with Gasteiger partial charge in [0.2, 0.25) is 0 Å². The second-order valence-corrected chi connectivity index (χ2v) is 6.17. The van der Waals surface area contributed by atoms with Crippen LogP contribution in [0.1, 0.15) is 26.3 Å². The van der Waals surface area contributed by atoms with Crippen LogP contribution in [0.4, 0.5) is 0 Å². The highest BCUT2D eigenvalue weighted by atomic mass is 79.9. The fourth-order valence-electron chi connectivity index (χ4n) is 1.68. The smallest absolute Gasteiger partial charge is 0.169 e. The van der Waals surface area contributed by atoms with Gasteiger partial charge in [-0.25, -0.2) is 0 Å². The molecule has 0 fully saturated rings. The lowest BCUT2D eigenvalue weighted by atomic mass is 10.1. The first-order valence-corrected chi connectivity index (χ1v) is 6.68. The number of aromatic nitrogens is 2. The van der Waals surface area contributed by atoms with E-state index in [0.717, 1.165) is 28.2 Å². The number of hydrogen-bond donors (Lipinski definition) is 1. The predicted molar refractivity (Wildman–Crippen MR) is 75.2 cm³/mol. The number of hydrogen-bond acceptors (Lipinski definition) is 3. The van der Waals surface area contributed by atoms with E-state index in [-0.39, 0.29) is 5.54 Å². The largest absolute Gasteiger partial charge is 0.448 e. The number of furan rings is 1. The summed E-state index contributed by atoms with van der Waals surface area (Å²) in [5.74, 6) is 0.785. The topological polar surface area (TPSA) is 43.0 Å². The molecule has 18 heavy (non-hydrogen) atoms. The van der Waals surface area contributed by atoms with Crippen LogP contribution in [0.2, 0.25) is 0 Å². The molecule has 0 amide bonds. The third-order valence-electron chi connectivity index (χ3n) is 2.52. The van der Waals surface area contributed by atoms with Crippen LogP contribution in [0, 0.1) is 0 Å². The van der Waals surface area contributed by atoms with E-state index < -0.39 is 0 Å². The fraction of sp³-hybridized carbons (Fsp3) is 0.462. The minimum Gasteiger partial charge on any atom is -0.448 e. The lowest BCUT2D eigenvalue weighted by Gasteiger charge is -2.20. The molecule has 1 N–H and O–H groups in total. The Morgan fingerprint density at radius 3 is 2.67 bits per heavy atom. The molecule has 2 heterocycles. The highest BCUT2D eigenvalue weighted by Crippen LogP contribution is 2.26. The highest BCUT2D eigenvalue weighted by Gasteiger charge is 2.16. The lowest BCUT2D eigenvalue weighted by Crippen LogP contribution is -2.35. The van der Waals surface area contributed by atoms with Gasteiger partial charge < -0.3 is 9.73 Å². The lowest BCUT2D eigenvalue weighted by molar-refractivity contribution is 0.424. The molecule has 0 spiro atoms. The molecular weight excluding hydrogens is 294 g/mol. The third-order valence-corrected chi connectivity index (χ3v) is 2.95. The second-order valence-electron chi connectivity index (χ2n) is 5.38. The second kappa shape index (κ2) is 4.90. The SMILES string of the molecule is Cn1cc(CNC(C)(C)C)c(-c2ccc(Br)o2)n1. The van der Waals surface area contributed by atoms with Gasteiger partial charge in [0, 0.05) is 30.9 Å². The van der Waals surface area contributed by atoms with E-state index in [2.05, 4.69) is 47.1 Å². The molecule has 0 radical (unpaired) electrons. The first kappa shape index (κ1) is 13.4. The maximum absolute atomic E-state index is 5.57. The summed E-state index contributed by atoms with van der Waals surface area (Å²) in [5.41, 5.74) is 2.10. The normalized spacial score (nSPS) is 12.1. The summed E-state index contributed by atoms with van der Waals surface area (Å²) in [6.45, 7) is 7.20. The number of aryl methyl sites for hydroxylation is 1. The average Bonchev–Trinajstić information content (AvgIpc) is 2.80. The minimum atomic E-state index is 0.0802. The van der Waals surface area contributed by atoms with Crippen LogP contribution in [-0.4, -0.2) is 15.3 Å². The van der Waals surface area contributed by atoms with Crippen LogP contribution in [0.15, 0.2) is 27.4 Å². The molecule has 0 unspecified atom stereocenters. The number of halogens is 1. The average molecular weight is 312 g/mol. The van der Waals surface area contributed by atoms with Gasteiger partial charge in [0.15, 0.2) is 10.4 Å². The van der Waals surface area contributed by atoms with Crippen molar-refractivity contribution in [3.63, 3.8) is 0 Å². The molecule has 0 aromatic carbocycles. The van der Waals surface area contributed by atoms with Gasteiger partial charge in [0.05, 0.1) is 0 Å². The molecule has 0 aliphatic heterocycles. The molecular formula is C13H18BrN3O. The Hall–Kier alpha value is -1.07. The molecule has 0 saturated heterocycles. The van der Waals surface area contributed by atoms with E-state index in [1.165, 1.54) is 0 Å². The van der Waals surface area contributed by atoms with Gasteiger partial charge in [0.25, 0.3) is 0 Å². The zero-order chi connectivity index (χ0) is 13.3. The van der Waals surface area contributed by atoms with Crippen LogP contribution in [0.5, 0.6) is 0 Å². The van der Waals surface area contributed by atoms with Crippen molar-refractivity contribution < 1.29 is 4.42 Å². The number of nitrogens with zero attached hydrogens (tertiary/aromatic N) is 2. The number of nitrogens with one attached hydrogen (secondary N) is 1. The first-order valence-electron chi connectivity index (χ1n) is 5.88. The van der Waals surface area contributed by atoms with Crippen molar-refractivity contribution >= 4 is 15.9 Å². The summed E-state index contributed by atoms with van der Waals surface area (Å²) in [6.07, 6.45) is 2.02. The number of rotatable bonds is 3. The van der Waals surface area contributed by atoms with Crippen molar-refractivity contribution in [3.8, 4) is 11.5 Å². The summed E-state index contributed by atoms with van der Waals surface area (Å²) in [5, 5.41) is 7.92. The van der Waals surface area contributed by atoms with E-state index in [1.54, 1.807) is 0 Å². The minimum absolute atomic E-state index is 0.0802. The van der Waals surface area contributed by atoms with E-state index in [9.17, 15) is 0 Å². The van der Waals surface area contributed by atoms with Gasteiger partial charge in [0.1, 0.15) is 5.69 Å². The van der Waals surface area contributed by atoms with E-state index in [4.69, 9.17) is 4.42 Å². The summed E-state index contributed by atoms with van der Waals surface area (Å²) >= 11 is 3.31. The van der Waals surface area contributed by atoms with Crippen LogP contribution in [0.3, 0.4) is 0 Å². The maximum atomic E-state index is 5.57. The molecule has 0 aliphatic rings. The Bertz CT molecular complexity index is 537. The Morgan fingerprint density at radius 2 is 2.11 bits per heavy atom. The van der Waals surface area contributed by atoms with Gasteiger partial charge in [-0.05, 0) is 48.8 Å². The Morgan fingerprint density at radius 1 is 1.39 bits per heavy atom. The molecule has 2 rings (SSSR count). The first-order chi connectivity index (χ1) is 8.35. The van der Waals surface area contributed by atoms with Crippen molar-refractivity contribution in [1.29, 1.82) is 0 Å².